The SMILES string of the molecule is CONC(=O)C(C)(OC)c1ccc2c(c1)nnn2C. The predicted molar refractivity (Wildman–Crippen MR) is 68.0 cm³/mol. The third-order valence-corrected chi connectivity index (χ3v) is 3.20. The number of carbonyl (C=O) groups excluding carboxylic acids is 1. The van der Waals surface area contributed by atoms with Gasteiger partial charge in [0.25, 0.3) is 5.91 Å². The lowest BCUT2D eigenvalue weighted by Crippen LogP contribution is -2.43. The molecule has 2 aromatic rings. The average Bonchev–Trinajstić information content (AvgIpc) is 2.79. The van der Waals surface area contributed by atoms with Gasteiger partial charge in [0.2, 0.25) is 0 Å². The number of hydrogen-bond donors (Lipinski definition) is 1. The lowest BCUT2D eigenvalue weighted by atomic mass is 9.94. The van der Waals surface area contributed by atoms with Crippen LogP contribution in [0.25, 0.3) is 11.0 Å². The number of amides is 1. The lowest BCUT2D eigenvalue weighted by molar-refractivity contribution is -0.153. The van der Waals surface area contributed by atoms with Crippen LogP contribution in [0, 0.1) is 0 Å². The zero-order valence-corrected chi connectivity index (χ0v) is 11.3. The summed E-state index contributed by atoms with van der Waals surface area (Å²) in [5.41, 5.74) is 3.40. The highest BCUT2D eigenvalue weighted by molar-refractivity contribution is 5.87. The zero-order chi connectivity index (χ0) is 14.0. The summed E-state index contributed by atoms with van der Waals surface area (Å²) in [4.78, 5) is 16.7. The highest BCUT2D eigenvalue weighted by atomic mass is 16.6. The molecule has 1 heterocycles. The maximum Gasteiger partial charge on any atom is 0.280 e. The monoisotopic (exact) mass is 264 g/mol. The largest absolute Gasteiger partial charge is 0.364 e. The van der Waals surface area contributed by atoms with E-state index in [1.807, 2.05) is 19.2 Å². The molecule has 0 aliphatic carbocycles. The quantitative estimate of drug-likeness (QED) is 0.814. The second kappa shape index (κ2) is 4.94. The van der Waals surface area contributed by atoms with Gasteiger partial charge in [-0.3, -0.25) is 9.63 Å². The molecule has 1 atom stereocenters. The Bertz CT molecular complexity index is 610. The van der Waals surface area contributed by atoms with Gasteiger partial charge < -0.3 is 4.74 Å². The van der Waals surface area contributed by atoms with Crippen LogP contribution in [0.2, 0.25) is 0 Å². The van der Waals surface area contributed by atoms with E-state index in [2.05, 4.69) is 20.6 Å². The topological polar surface area (TPSA) is 78.3 Å². The molecule has 19 heavy (non-hydrogen) atoms. The number of rotatable bonds is 4. The molecule has 0 aliphatic rings. The van der Waals surface area contributed by atoms with Crippen LogP contribution in [0.1, 0.15) is 12.5 Å². The van der Waals surface area contributed by atoms with E-state index in [4.69, 9.17) is 4.74 Å². The molecule has 1 N–H and O–H groups in total. The summed E-state index contributed by atoms with van der Waals surface area (Å²) in [5.74, 6) is -0.388. The number of aromatic nitrogens is 3. The predicted octanol–water partition coefficient (Wildman–Crippen LogP) is 0.507. The van der Waals surface area contributed by atoms with Crippen LogP contribution < -0.4 is 5.48 Å². The second-order valence-corrected chi connectivity index (χ2v) is 4.29. The number of ether oxygens (including phenoxy) is 1. The smallest absolute Gasteiger partial charge is 0.280 e. The molecule has 0 saturated carbocycles. The van der Waals surface area contributed by atoms with Gasteiger partial charge in [-0.1, -0.05) is 11.3 Å². The van der Waals surface area contributed by atoms with Crippen LogP contribution in [0.3, 0.4) is 0 Å². The summed E-state index contributed by atoms with van der Waals surface area (Å²) in [5, 5.41) is 7.95. The van der Waals surface area contributed by atoms with Crippen molar-refractivity contribution in [2.24, 2.45) is 7.05 Å². The first kappa shape index (κ1) is 13.4. The molecule has 0 fully saturated rings. The summed E-state index contributed by atoms with van der Waals surface area (Å²) in [6.45, 7) is 1.67. The van der Waals surface area contributed by atoms with E-state index in [1.54, 1.807) is 17.7 Å². The number of methoxy groups -OCH3 is 1. The summed E-state index contributed by atoms with van der Waals surface area (Å²) in [6, 6.07) is 5.44. The number of nitrogens with zero attached hydrogens (tertiary/aromatic N) is 3. The van der Waals surface area contributed by atoms with E-state index < -0.39 is 5.60 Å². The molecule has 0 radical (unpaired) electrons. The highest BCUT2D eigenvalue weighted by Gasteiger charge is 2.35. The number of hydroxylamine groups is 1. The number of benzene rings is 1. The highest BCUT2D eigenvalue weighted by Crippen LogP contribution is 2.27. The molecule has 7 heteroatoms. The van der Waals surface area contributed by atoms with Gasteiger partial charge in [-0.25, -0.2) is 10.2 Å². The third-order valence-electron chi connectivity index (χ3n) is 3.20. The van der Waals surface area contributed by atoms with Crippen LogP contribution in [-0.2, 0) is 27.0 Å². The van der Waals surface area contributed by atoms with Gasteiger partial charge in [0.15, 0.2) is 5.60 Å². The molecular formula is C12H16N4O3. The van der Waals surface area contributed by atoms with Gasteiger partial charge in [0, 0.05) is 14.2 Å². The second-order valence-electron chi connectivity index (χ2n) is 4.29. The molecule has 102 valence electrons. The first-order valence-corrected chi connectivity index (χ1v) is 5.71. The summed E-state index contributed by atoms with van der Waals surface area (Å²) in [6.07, 6.45) is 0. The molecule has 7 nitrogen and oxygen atoms in total. The third kappa shape index (κ3) is 2.18. The van der Waals surface area contributed by atoms with Gasteiger partial charge >= 0.3 is 0 Å². The maximum atomic E-state index is 12.0. The van der Waals surface area contributed by atoms with Crippen molar-refractivity contribution in [3.63, 3.8) is 0 Å². The minimum absolute atomic E-state index is 0.388. The maximum absolute atomic E-state index is 12.0. The van der Waals surface area contributed by atoms with E-state index >= 15 is 0 Å². The Morgan fingerprint density at radius 3 is 2.79 bits per heavy atom. The number of carbonyl (C=O) groups is 1. The van der Waals surface area contributed by atoms with Gasteiger partial charge in [-0.05, 0) is 24.6 Å². The molecule has 0 aliphatic heterocycles. The molecule has 1 aromatic carbocycles. The number of nitrogens with one attached hydrogen (secondary N) is 1. The first-order chi connectivity index (χ1) is 9.02. The van der Waals surface area contributed by atoms with E-state index in [9.17, 15) is 4.79 Å². The summed E-state index contributed by atoms with van der Waals surface area (Å²) in [7, 11) is 4.65. The van der Waals surface area contributed by atoms with Crippen molar-refractivity contribution in [2.75, 3.05) is 14.2 Å². The van der Waals surface area contributed by atoms with Crippen molar-refractivity contribution >= 4 is 16.9 Å². The summed E-state index contributed by atoms with van der Waals surface area (Å²) >= 11 is 0. The molecule has 0 spiro atoms. The molecule has 1 aromatic heterocycles. The van der Waals surface area contributed by atoms with Crippen molar-refractivity contribution in [1.82, 2.24) is 20.5 Å². The van der Waals surface area contributed by atoms with Crippen LogP contribution in [-0.4, -0.2) is 35.1 Å². The Kier molecular flexibility index (Phi) is 3.50. The van der Waals surface area contributed by atoms with E-state index in [0.717, 1.165) is 5.52 Å². The van der Waals surface area contributed by atoms with Crippen LogP contribution >= 0.6 is 0 Å². The molecular weight excluding hydrogens is 248 g/mol. The van der Waals surface area contributed by atoms with Crippen molar-refractivity contribution < 1.29 is 14.4 Å². The van der Waals surface area contributed by atoms with Gasteiger partial charge in [0.05, 0.1) is 12.6 Å². The number of fused-ring (bicyclic) bond motifs is 1. The van der Waals surface area contributed by atoms with Crippen LogP contribution in [0.5, 0.6) is 0 Å². The summed E-state index contributed by atoms with van der Waals surface area (Å²) < 4.78 is 7.01. The van der Waals surface area contributed by atoms with Crippen molar-refractivity contribution in [2.45, 2.75) is 12.5 Å². The van der Waals surface area contributed by atoms with Crippen LogP contribution in [0.4, 0.5) is 0 Å². The average molecular weight is 264 g/mol. The van der Waals surface area contributed by atoms with E-state index in [0.29, 0.717) is 11.1 Å². The van der Waals surface area contributed by atoms with Crippen molar-refractivity contribution in [3.8, 4) is 0 Å². The molecule has 1 amide bonds. The minimum atomic E-state index is -1.15. The Balaban J connectivity index is 2.48. The number of aryl methyl sites for hydroxylation is 1. The Morgan fingerprint density at radius 1 is 1.42 bits per heavy atom. The van der Waals surface area contributed by atoms with E-state index in [-0.39, 0.29) is 5.91 Å². The molecule has 0 saturated heterocycles. The normalized spacial score (nSPS) is 14.3. The van der Waals surface area contributed by atoms with Crippen molar-refractivity contribution in [3.05, 3.63) is 23.8 Å². The minimum Gasteiger partial charge on any atom is -0.364 e. The van der Waals surface area contributed by atoms with E-state index in [1.165, 1.54) is 14.2 Å². The Morgan fingerprint density at radius 2 is 2.16 bits per heavy atom. The first-order valence-electron chi connectivity index (χ1n) is 5.71. The molecule has 2 rings (SSSR count). The Hall–Kier alpha value is -1.99. The number of hydrogen-bond acceptors (Lipinski definition) is 5. The fourth-order valence-corrected chi connectivity index (χ4v) is 1.87. The zero-order valence-electron chi connectivity index (χ0n) is 11.3. The lowest BCUT2D eigenvalue weighted by Gasteiger charge is -2.26. The Labute approximate surface area is 110 Å². The van der Waals surface area contributed by atoms with Crippen molar-refractivity contribution in [1.29, 1.82) is 0 Å². The standard InChI is InChI=1S/C12H16N4O3/c1-12(18-3,11(17)14-19-4)8-5-6-10-9(7-8)13-15-16(10)2/h5-7H,1-4H3,(H,14,17). The van der Waals surface area contributed by atoms with Crippen LogP contribution in [0.15, 0.2) is 18.2 Å². The molecule has 1 unspecified atom stereocenters. The van der Waals surface area contributed by atoms with Gasteiger partial charge in [0.1, 0.15) is 5.52 Å². The molecule has 0 bridgehead atoms. The van der Waals surface area contributed by atoms with Gasteiger partial charge in [-0.2, -0.15) is 0 Å². The fourth-order valence-electron chi connectivity index (χ4n) is 1.87. The fraction of sp³-hybridized carbons (Fsp3) is 0.417. The van der Waals surface area contributed by atoms with Gasteiger partial charge in [-0.15, -0.1) is 5.10 Å².